The van der Waals surface area contributed by atoms with E-state index in [0.29, 0.717) is 0 Å². The van der Waals surface area contributed by atoms with Crippen LogP contribution in [0.25, 0.3) is 0 Å². The summed E-state index contributed by atoms with van der Waals surface area (Å²) in [5, 5.41) is 0. The number of hydrogen-bond acceptors (Lipinski definition) is 4. The molecule has 0 spiro atoms. The summed E-state index contributed by atoms with van der Waals surface area (Å²) in [7, 11) is 2.65. The third kappa shape index (κ3) is 3.42. The van der Waals surface area contributed by atoms with Gasteiger partial charge in [0, 0.05) is 7.11 Å². The topological polar surface area (TPSA) is 44.8 Å². The van der Waals surface area contributed by atoms with Crippen LogP contribution in [0.4, 0.5) is 4.79 Å². The number of rotatable bonds is 2. The van der Waals surface area contributed by atoms with Crippen molar-refractivity contribution in [2.75, 3.05) is 21.0 Å². The molecule has 0 radical (unpaired) electrons. The van der Waals surface area contributed by atoms with Gasteiger partial charge in [0.15, 0.2) is 6.79 Å². The fraction of sp³-hybridized carbons (Fsp3) is 0.750. The molecule has 0 aromatic rings. The fourth-order valence-electron chi connectivity index (χ4n) is 0.166. The zero-order valence-electron chi connectivity index (χ0n) is 4.84. The second kappa shape index (κ2) is 4.39. The average Bonchev–Trinajstić information content (AvgIpc) is 1.83. The lowest BCUT2D eigenvalue weighted by molar-refractivity contribution is -0.0190. The van der Waals surface area contributed by atoms with Crippen LogP contribution in [0.1, 0.15) is 0 Å². The van der Waals surface area contributed by atoms with Crippen LogP contribution in [0.2, 0.25) is 0 Å². The SMILES string of the molecule is COCOC(=O)OC. The maximum atomic E-state index is 10.0. The third-order valence-corrected chi connectivity index (χ3v) is 0.461. The fourth-order valence-corrected chi connectivity index (χ4v) is 0.166. The number of methoxy groups -OCH3 is 2. The van der Waals surface area contributed by atoms with Gasteiger partial charge in [-0.3, -0.25) is 0 Å². The first-order valence-corrected chi connectivity index (χ1v) is 2.01. The van der Waals surface area contributed by atoms with E-state index in [-0.39, 0.29) is 6.79 Å². The molecule has 0 rings (SSSR count). The molecule has 0 aromatic heterocycles. The highest BCUT2D eigenvalue weighted by Gasteiger charge is 1.95. The minimum atomic E-state index is -0.730. The van der Waals surface area contributed by atoms with Crippen molar-refractivity contribution < 1.29 is 19.0 Å². The Morgan fingerprint density at radius 2 is 2.12 bits per heavy atom. The highest BCUT2D eigenvalue weighted by molar-refractivity contribution is 5.59. The third-order valence-electron chi connectivity index (χ3n) is 0.461. The van der Waals surface area contributed by atoms with Gasteiger partial charge >= 0.3 is 6.16 Å². The quantitative estimate of drug-likeness (QED) is 0.390. The van der Waals surface area contributed by atoms with E-state index in [1.54, 1.807) is 0 Å². The van der Waals surface area contributed by atoms with Crippen molar-refractivity contribution in [2.45, 2.75) is 0 Å². The first kappa shape index (κ1) is 7.23. The van der Waals surface area contributed by atoms with E-state index in [1.807, 2.05) is 0 Å². The minimum Gasteiger partial charge on any atom is -0.438 e. The van der Waals surface area contributed by atoms with Crippen LogP contribution >= 0.6 is 0 Å². The zero-order chi connectivity index (χ0) is 6.41. The van der Waals surface area contributed by atoms with Crippen LogP contribution in [-0.2, 0) is 14.2 Å². The maximum absolute atomic E-state index is 10.0. The van der Waals surface area contributed by atoms with Gasteiger partial charge < -0.3 is 14.2 Å². The summed E-state index contributed by atoms with van der Waals surface area (Å²) in [4.78, 5) is 10.0. The molecule has 0 aliphatic carbocycles. The van der Waals surface area contributed by atoms with Gasteiger partial charge in [-0.05, 0) is 0 Å². The first-order valence-electron chi connectivity index (χ1n) is 2.01. The number of carbonyl (C=O) groups is 1. The predicted molar refractivity (Wildman–Crippen MR) is 25.4 cm³/mol. The second-order valence-electron chi connectivity index (χ2n) is 1.00. The Labute approximate surface area is 47.3 Å². The molecule has 0 aromatic carbocycles. The van der Waals surface area contributed by atoms with Gasteiger partial charge in [-0.1, -0.05) is 0 Å². The highest BCUT2D eigenvalue weighted by atomic mass is 16.8. The Kier molecular flexibility index (Phi) is 3.97. The lowest BCUT2D eigenvalue weighted by atomic mass is 11.2. The standard InChI is InChI=1S/C4H8O4/c1-6-3-8-4(5)7-2/h3H2,1-2H3. The van der Waals surface area contributed by atoms with Crippen LogP contribution in [0.3, 0.4) is 0 Å². The molecule has 4 nitrogen and oxygen atoms in total. The van der Waals surface area contributed by atoms with Crippen molar-refractivity contribution in [3.63, 3.8) is 0 Å². The van der Waals surface area contributed by atoms with E-state index in [1.165, 1.54) is 14.2 Å². The van der Waals surface area contributed by atoms with Gasteiger partial charge in [-0.15, -0.1) is 0 Å². The zero-order valence-corrected chi connectivity index (χ0v) is 4.84. The summed E-state index contributed by atoms with van der Waals surface area (Å²) in [6.45, 7) is -0.0628. The summed E-state index contributed by atoms with van der Waals surface area (Å²) >= 11 is 0. The molecular weight excluding hydrogens is 112 g/mol. The minimum absolute atomic E-state index is 0.0628. The average molecular weight is 120 g/mol. The number of ether oxygens (including phenoxy) is 3. The van der Waals surface area contributed by atoms with Crippen LogP contribution < -0.4 is 0 Å². The van der Waals surface area contributed by atoms with Gasteiger partial charge in [0.2, 0.25) is 0 Å². The summed E-state index contributed by atoms with van der Waals surface area (Å²) in [5.41, 5.74) is 0. The summed E-state index contributed by atoms with van der Waals surface area (Å²) < 4.78 is 12.8. The Morgan fingerprint density at radius 3 is 2.50 bits per heavy atom. The van der Waals surface area contributed by atoms with E-state index in [0.717, 1.165) is 0 Å². The highest BCUT2D eigenvalue weighted by Crippen LogP contribution is 1.79. The van der Waals surface area contributed by atoms with Gasteiger partial charge in [0.05, 0.1) is 7.11 Å². The Morgan fingerprint density at radius 1 is 1.50 bits per heavy atom. The van der Waals surface area contributed by atoms with Crippen molar-refractivity contribution in [1.82, 2.24) is 0 Å². The van der Waals surface area contributed by atoms with E-state index in [4.69, 9.17) is 0 Å². The van der Waals surface area contributed by atoms with Gasteiger partial charge in [-0.2, -0.15) is 0 Å². The maximum Gasteiger partial charge on any atom is 0.510 e. The van der Waals surface area contributed by atoms with Crippen molar-refractivity contribution in [2.24, 2.45) is 0 Å². The molecule has 0 bridgehead atoms. The smallest absolute Gasteiger partial charge is 0.438 e. The number of carbonyl (C=O) groups excluding carboxylic acids is 1. The summed E-state index contributed by atoms with van der Waals surface area (Å²) in [6, 6.07) is 0. The molecule has 0 saturated heterocycles. The van der Waals surface area contributed by atoms with Crippen LogP contribution in [0.5, 0.6) is 0 Å². The molecule has 0 N–H and O–H groups in total. The molecule has 0 heterocycles. The molecule has 0 aliphatic rings. The second-order valence-corrected chi connectivity index (χ2v) is 1.00. The molecule has 0 aliphatic heterocycles. The van der Waals surface area contributed by atoms with E-state index < -0.39 is 6.16 Å². The van der Waals surface area contributed by atoms with Crippen molar-refractivity contribution >= 4 is 6.16 Å². The van der Waals surface area contributed by atoms with Crippen LogP contribution in [0, 0.1) is 0 Å². The lowest BCUT2D eigenvalue weighted by Crippen LogP contribution is -2.05. The van der Waals surface area contributed by atoms with Gasteiger partial charge in [0.25, 0.3) is 0 Å². The van der Waals surface area contributed by atoms with Crippen molar-refractivity contribution in [3.05, 3.63) is 0 Å². The monoisotopic (exact) mass is 120 g/mol. The normalized spacial score (nSPS) is 8.25. The van der Waals surface area contributed by atoms with Gasteiger partial charge in [0.1, 0.15) is 0 Å². The van der Waals surface area contributed by atoms with Crippen LogP contribution in [-0.4, -0.2) is 27.2 Å². The lowest BCUT2D eigenvalue weighted by Gasteiger charge is -1.98. The Bertz CT molecular complexity index is 70.4. The molecule has 0 fully saturated rings. The molecule has 8 heavy (non-hydrogen) atoms. The van der Waals surface area contributed by atoms with Crippen molar-refractivity contribution in [3.8, 4) is 0 Å². The van der Waals surface area contributed by atoms with E-state index >= 15 is 0 Å². The largest absolute Gasteiger partial charge is 0.510 e. The summed E-state index contributed by atoms with van der Waals surface area (Å²) in [6.07, 6.45) is -0.730. The molecule has 0 atom stereocenters. The number of hydrogen-bond donors (Lipinski definition) is 0. The molecule has 0 unspecified atom stereocenters. The molecule has 0 saturated carbocycles. The Balaban J connectivity index is 2.99. The molecule has 0 amide bonds. The predicted octanol–water partition coefficient (Wildman–Crippen LogP) is 0.373. The first-order chi connectivity index (χ1) is 3.81. The van der Waals surface area contributed by atoms with E-state index in [2.05, 4.69) is 14.2 Å². The molecule has 4 heteroatoms. The summed E-state index contributed by atoms with van der Waals surface area (Å²) in [5.74, 6) is 0. The van der Waals surface area contributed by atoms with Crippen LogP contribution in [0.15, 0.2) is 0 Å². The van der Waals surface area contributed by atoms with Crippen molar-refractivity contribution in [1.29, 1.82) is 0 Å². The van der Waals surface area contributed by atoms with E-state index in [9.17, 15) is 4.79 Å². The Hall–Kier alpha value is -0.770. The molecule has 48 valence electrons. The molecular formula is C4H8O4. The van der Waals surface area contributed by atoms with Gasteiger partial charge in [-0.25, -0.2) is 4.79 Å².